The molecule has 2 heteroatoms. The summed E-state index contributed by atoms with van der Waals surface area (Å²) in [6.07, 6.45) is 1.28. The van der Waals surface area contributed by atoms with Crippen LogP contribution in [0.3, 0.4) is 0 Å². The third kappa shape index (κ3) is 3.95. The van der Waals surface area contributed by atoms with Crippen molar-refractivity contribution in [1.29, 1.82) is 0 Å². The molecule has 3 radical (unpaired) electrons. The molecule has 0 bridgehead atoms. The monoisotopic (exact) mass is 129 g/mol. The SMILES string of the molecule is C=C[C](=O)[Ge]. The van der Waals surface area contributed by atoms with E-state index in [0.717, 1.165) is 0 Å². The van der Waals surface area contributed by atoms with Gasteiger partial charge in [-0.3, -0.25) is 0 Å². The van der Waals surface area contributed by atoms with E-state index in [0.29, 0.717) is 0 Å². The molecule has 1 nitrogen and oxygen atoms in total. The third-order valence-corrected chi connectivity index (χ3v) is 0.614. The van der Waals surface area contributed by atoms with E-state index >= 15 is 0 Å². The van der Waals surface area contributed by atoms with Crippen LogP contribution in [0.4, 0.5) is 0 Å². The molecule has 0 aliphatic heterocycles. The van der Waals surface area contributed by atoms with E-state index in [1.54, 1.807) is 0 Å². The molecule has 0 aliphatic carbocycles. The molecule has 0 saturated carbocycles. The van der Waals surface area contributed by atoms with Crippen molar-refractivity contribution >= 4 is 21.1 Å². The van der Waals surface area contributed by atoms with Gasteiger partial charge in [-0.25, -0.2) is 0 Å². The molecule has 0 N–H and O–H groups in total. The summed E-state index contributed by atoms with van der Waals surface area (Å²) in [7, 11) is 0. The summed E-state index contributed by atoms with van der Waals surface area (Å²) >= 11 is 1.47. The molecule has 0 fully saturated rings. The van der Waals surface area contributed by atoms with Gasteiger partial charge in [0.15, 0.2) is 0 Å². The van der Waals surface area contributed by atoms with Crippen LogP contribution in [0.25, 0.3) is 0 Å². The Kier molecular flexibility index (Phi) is 2.19. The van der Waals surface area contributed by atoms with Gasteiger partial charge in [-0.2, -0.15) is 0 Å². The minimum absolute atomic E-state index is 0.0185. The van der Waals surface area contributed by atoms with Gasteiger partial charge < -0.3 is 0 Å². The van der Waals surface area contributed by atoms with E-state index < -0.39 is 0 Å². The average Bonchev–Trinajstić information content (AvgIpc) is 1.38. The summed E-state index contributed by atoms with van der Waals surface area (Å²) in [4.78, 5) is 9.69. The van der Waals surface area contributed by atoms with Crippen molar-refractivity contribution in [3.8, 4) is 0 Å². The van der Waals surface area contributed by atoms with E-state index in [-0.39, 0.29) is 4.62 Å². The van der Waals surface area contributed by atoms with Crippen LogP contribution in [-0.2, 0) is 4.79 Å². The fourth-order valence-corrected chi connectivity index (χ4v) is 0. The quantitative estimate of drug-likeness (QED) is 0.354. The summed E-state index contributed by atoms with van der Waals surface area (Å²) in [6.45, 7) is 3.21. The Bertz CT molecular complexity index is 57.9. The third-order valence-electron chi connectivity index (χ3n) is 0.185. The second kappa shape index (κ2) is 2.21. The zero-order valence-corrected chi connectivity index (χ0v) is 4.79. The molecule has 0 spiro atoms. The molecule has 0 aromatic heterocycles. The van der Waals surface area contributed by atoms with Crippen molar-refractivity contribution in [3.63, 3.8) is 0 Å². The van der Waals surface area contributed by atoms with E-state index in [4.69, 9.17) is 0 Å². The van der Waals surface area contributed by atoms with Crippen LogP contribution in [0.1, 0.15) is 0 Å². The first-order valence-electron chi connectivity index (χ1n) is 1.15. The van der Waals surface area contributed by atoms with Gasteiger partial charge in [-0.15, -0.1) is 0 Å². The molecule has 0 aromatic carbocycles. The zero-order valence-electron chi connectivity index (χ0n) is 2.69. The van der Waals surface area contributed by atoms with E-state index in [2.05, 4.69) is 6.58 Å². The van der Waals surface area contributed by atoms with Gasteiger partial charge in [0, 0.05) is 0 Å². The van der Waals surface area contributed by atoms with Gasteiger partial charge in [-0.05, 0) is 0 Å². The maximum atomic E-state index is 9.69. The summed E-state index contributed by atoms with van der Waals surface area (Å²) < 4.78 is 0.0185. The number of rotatable bonds is 1. The van der Waals surface area contributed by atoms with Crippen LogP contribution < -0.4 is 0 Å². The second-order valence-electron chi connectivity index (χ2n) is 0.568. The van der Waals surface area contributed by atoms with Crippen LogP contribution in [-0.4, -0.2) is 21.1 Å². The molecule has 0 saturated heterocycles. The number of hydrogen-bond donors (Lipinski definition) is 0. The first-order valence-corrected chi connectivity index (χ1v) is 2.20. The van der Waals surface area contributed by atoms with Crippen LogP contribution >= 0.6 is 0 Å². The van der Waals surface area contributed by atoms with Gasteiger partial charge in [0.1, 0.15) is 0 Å². The second-order valence-corrected chi connectivity index (χ2v) is 1.60. The Hall–Kier alpha value is -0.0471. The minimum atomic E-state index is 0.0185. The van der Waals surface area contributed by atoms with Gasteiger partial charge in [0.2, 0.25) is 0 Å². The first kappa shape index (κ1) is 4.95. The Balaban J connectivity index is 3.20. The maximum absolute atomic E-state index is 9.69. The first-order chi connectivity index (χ1) is 2.27. The zero-order chi connectivity index (χ0) is 4.28. The molecule has 0 aliphatic rings. The molecule has 25 valence electrons. The Morgan fingerprint density at radius 1 is 2.00 bits per heavy atom. The summed E-state index contributed by atoms with van der Waals surface area (Å²) in [5.41, 5.74) is 0. The van der Waals surface area contributed by atoms with Crippen molar-refractivity contribution in [1.82, 2.24) is 0 Å². The standard InChI is InChI=1S/C3H3GeO/c1-2-3(4)5/h2H,1H2. The fraction of sp³-hybridized carbons (Fsp3) is 0. The molecule has 0 aromatic rings. The molecule has 0 rings (SSSR count). The Labute approximate surface area is 39.3 Å². The Morgan fingerprint density at radius 2 is 2.20 bits per heavy atom. The number of allylic oxidation sites excluding steroid dienone is 1. The van der Waals surface area contributed by atoms with E-state index in [1.165, 1.54) is 22.6 Å². The topological polar surface area (TPSA) is 17.1 Å². The van der Waals surface area contributed by atoms with Crippen LogP contribution in [0.2, 0.25) is 0 Å². The number of carbonyl (C=O) groups is 1. The molecule has 0 amide bonds. The molecular weight excluding hydrogens is 125 g/mol. The van der Waals surface area contributed by atoms with Crippen molar-refractivity contribution in [2.45, 2.75) is 0 Å². The normalized spacial score (nSPS) is 6.60. The average molecular weight is 128 g/mol. The van der Waals surface area contributed by atoms with Crippen molar-refractivity contribution in [2.24, 2.45) is 0 Å². The molecule has 0 heterocycles. The summed E-state index contributed by atoms with van der Waals surface area (Å²) in [5.74, 6) is 0. The Morgan fingerprint density at radius 3 is 2.20 bits per heavy atom. The van der Waals surface area contributed by atoms with Crippen molar-refractivity contribution < 1.29 is 4.79 Å². The number of carbonyl (C=O) groups excluding carboxylic acids is 1. The fourth-order valence-electron chi connectivity index (χ4n) is 0. The molecule has 0 unspecified atom stereocenters. The van der Waals surface area contributed by atoms with Crippen molar-refractivity contribution in [3.05, 3.63) is 12.7 Å². The predicted octanol–water partition coefficient (Wildman–Crippen LogP) is -0.133. The summed E-state index contributed by atoms with van der Waals surface area (Å²) in [6, 6.07) is 0. The van der Waals surface area contributed by atoms with Gasteiger partial charge >= 0.3 is 38.6 Å². The van der Waals surface area contributed by atoms with E-state index in [1.807, 2.05) is 0 Å². The van der Waals surface area contributed by atoms with Gasteiger partial charge in [0.25, 0.3) is 0 Å². The van der Waals surface area contributed by atoms with Gasteiger partial charge in [0.05, 0.1) is 0 Å². The van der Waals surface area contributed by atoms with Gasteiger partial charge in [-0.1, -0.05) is 0 Å². The van der Waals surface area contributed by atoms with Crippen LogP contribution in [0, 0.1) is 0 Å². The molecule has 0 atom stereocenters. The summed E-state index contributed by atoms with van der Waals surface area (Å²) in [5, 5.41) is 0. The van der Waals surface area contributed by atoms with Crippen LogP contribution in [0.5, 0.6) is 0 Å². The molecular formula is C3H3GeO. The number of hydrogen-bond acceptors (Lipinski definition) is 1. The van der Waals surface area contributed by atoms with Crippen molar-refractivity contribution in [2.75, 3.05) is 0 Å². The predicted molar refractivity (Wildman–Crippen MR) is 21.0 cm³/mol. The van der Waals surface area contributed by atoms with E-state index in [9.17, 15) is 4.79 Å². The molecule has 5 heavy (non-hydrogen) atoms. The van der Waals surface area contributed by atoms with Crippen LogP contribution in [0.15, 0.2) is 12.7 Å².